The highest BCUT2D eigenvalue weighted by Gasteiger charge is 2.15. The van der Waals surface area contributed by atoms with Crippen LogP contribution in [0, 0.1) is 0 Å². The first-order valence-corrected chi connectivity index (χ1v) is 4.31. The molecule has 1 atom stereocenters. The van der Waals surface area contributed by atoms with Crippen molar-refractivity contribution in [1.82, 2.24) is 0 Å². The van der Waals surface area contributed by atoms with E-state index < -0.39 is 18.4 Å². The SMILES string of the molecule is CCCCC(COC(=O)O)OC(=O)O. The van der Waals surface area contributed by atoms with Gasteiger partial charge in [0.05, 0.1) is 0 Å². The maximum atomic E-state index is 10.2. The molecule has 0 aliphatic carbocycles. The molecule has 0 bridgehead atoms. The lowest BCUT2D eigenvalue weighted by molar-refractivity contribution is 0.00118. The first kappa shape index (κ1) is 12.5. The van der Waals surface area contributed by atoms with Crippen LogP contribution in [-0.2, 0) is 9.47 Å². The van der Waals surface area contributed by atoms with E-state index in [9.17, 15) is 9.59 Å². The predicted molar refractivity (Wildman–Crippen MR) is 46.4 cm³/mol. The summed E-state index contributed by atoms with van der Waals surface area (Å²) in [6, 6.07) is 0. The maximum absolute atomic E-state index is 10.2. The molecule has 82 valence electrons. The molecule has 14 heavy (non-hydrogen) atoms. The van der Waals surface area contributed by atoms with Crippen LogP contribution in [0.2, 0.25) is 0 Å². The molecule has 0 aromatic rings. The molecule has 0 aromatic carbocycles. The normalized spacial score (nSPS) is 11.8. The summed E-state index contributed by atoms with van der Waals surface area (Å²) in [5.74, 6) is 0. The van der Waals surface area contributed by atoms with E-state index in [1.807, 2.05) is 6.92 Å². The molecule has 0 rings (SSSR count). The first-order valence-electron chi connectivity index (χ1n) is 4.31. The van der Waals surface area contributed by atoms with E-state index in [0.29, 0.717) is 6.42 Å². The summed E-state index contributed by atoms with van der Waals surface area (Å²) < 4.78 is 8.66. The fourth-order valence-electron chi connectivity index (χ4n) is 0.915. The summed E-state index contributed by atoms with van der Waals surface area (Å²) in [6.45, 7) is 1.69. The van der Waals surface area contributed by atoms with Crippen LogP contribution in [0.1, 0.15) is 26.2 Å². The molecule has 0 aliphatic rings. The van der Waals surface area contributed by atoms with Crippen molar-refractivity contribution in [2.24, 2.45) is 0 Å². The van der Waals surface area contributed by atoms with Gasteiger partial charge in [0.1, 0.15) is 12.7 Å². The summed E-state index contributed by atoms with van der Waals surface area (Å²) in [5.41, 5.74) is 0. The van der Waals surface area contributed by atoms with E-state index in [0.717, 1.165) is 12.8 Å². The van der Waals surface area contributed by atoms with Crippen molar-refractivity contribution in [1.29, 1.82) is 0 Å². The quantitative estimate of drug-likeness (QED) is 0.645. The van der Waals surface area contributed by atoms with Gasteiger partial charge in [0.25, 0.3) is 0 Å². The Morgan fingerprint density at radius 2 is 1.93 bits per heavy atom. The average Bonchev–Trinajstić information content (AvgIpc) is 2.09. The molecule has 0 radical (unpaired) electrons. The fraction of sp³-hybridized carbons (Fsp3) is 0.750. The highest BCUT2D eigenvalue weighted by atomic mass is 16.7. The molecule has 0 spiro atoms. The minimum absolute atomic E-state index is 0.248. The van der Waals surface area contributed by atoms with Gasteiger partial charge in [0.15, 0.2) is 0 Å². The van der Waals surface area contributed by atoms with Gasteiger partial charge in [0, 0.05) is 0 Å². The number of rotatable bonds is 6. The second kappa shape index (κ2) is 6.99. The molecule has 0 amide bonds. The van der Waals surface area contributed by atoms with Crippen molar-refractivity contribution >= 4 is 12.3 Å². The van der Waals surface area contributed by atoms with E-state index in [-0.39, 0.29) is 6.61 Å². The minimum Gasteiger partial charge on any atom is -0.450 e. The molecular formula is C8H14O6. The van der Waals surface area contributed by atoms with Crippen molar-refractivity contribution in [3.8, 4) is 0 Å². The lowest BCUT2D eigenvalue weighted by Gasteiger charge is -2.14. The van der Waals surface area contributed by atoms with Crippen molar-refractivity contribution < 1.29 is 29.3 Å². The van der Waals surface area contributed by atoms with Crippen LogP contribution in [0.3, 0.4) is 0 Å². The Hall–Kier alpha value is -1.46. The summed E-state index contributed by atoms with van der Waals surface area (Å²) in [4.78, 5) is 20.2. The van der Waals surface area contributed by atoms with Gasteiger partial charge in [-0.15, -0.1) is 0 Å². The fourth-order valence-corrected chi connectivity index (χ4v) is 0.915. The first-order chi connectivity index (χ1) is 6.56. The van der Waals surface area contributed by atoms with Crippen molar-refractivity contribution in [3.63, 3.8) is 0 Å². The molecular weight excluding hydrogens is 192 g/mol. The largest absolute Gasteiger partial charge is 0.506 e. The standard InChI is InChI=1S/C8H14O6/c1-2-3-4-6(14-8(11)12)5-13-7(9)10/h6H,2-5H2,1H3,(H,9,10)(H,11,12). The van der Waals surface area contributed by atoms with Crippen LogP contribution in [0.15, 0.2) is 0 Å². The molecule has 2 N–H and O–H groups in total. The Labute approximate surface area is 81.4 Å². The monoisotopic (exact) mass is 206 g/mol. The molecule has 0 aliphatic heterocycles. The Balaban J connectivity index is 3.83. The Morgan fingerprint density at radius 1 is 1.29 bits per heavy atom. The highest BCUT2D eigenvalue weighted by molar-refractivity contribution is 5.58. The zero-order valence-electron chi connectivity index (χ0n) is 7.93. The predicted octanol–water partition coefficient (Wildman–Crippen LogP) is 1.93. The number of carboxylic acid groups (broad SMARTS) is 2. The van der Waals surface area contributed by atoms with Gasteiger partial charge in [-0.1, -0.05) is 13.3 Å². The van der Waals surface area contributed by atoms with Gasteiger partial charge in [0.2, 0.25) is 0 Å². The molecule has 0 saturated carbocycles. The van der Waals surface area contributed by atoms with Crippen molar-refractivity contribution in [2.75, 3.05) is 6.61 Å². The van der Waals surface area contributed by atoms with E-state index in [1.54, 1.807) is 0 Å². The van der Waals surface area contributed by atoms with Gasteiger partial charge in [-0.3, -0.25) is 0 Å². The zero-order chi connectivity index (χ0) is 11.0. The molecule has 1 unspecified atom stereocenters. The number of unbranched alkanes of at least 4 members (excludes halogenated alkanes) is 1. The summed E-state index contributed by atoms with van der Waals surface area (Å²) in [5, 5.41) is 16.5. The van der Waals surface area contributed by atoms with Crippen LogP contribution in [0.5, 0.6) is 0 Å². The summed E-state index contributed by atoms with van der Waals surface area (Å²) >= 11 is 0. The third-order valence-electron chi connectivity index (χ3n) is 1.54. The number of ether oxygens (including phenoxy) is 2. The topological polar surface area (TPSA) is 93.1 Å². The van der Waals surface area contributed by atoms with E-state index in [2.05, 4.69) is 9.47 Å². The Morgan fingerprint density at radius 3 is 2.36 bits per heavy atom. The van der Waals surface area contributed by atoms with Gasteiger partial charge in [-0.25, -0.2) is 9.59 Å². The smallest absolute Gasteiger partial charge is 0.450 e. The van der Waals surface area contributed by atoms with E-state index >= 15 is 0 Å². The van der Waals surface area contributed by atoms with Gasteiger partial charge in [-0.05, 0) is 12.8 Å². The second-order valence-electron chi connectivity index (χ2n) is 2.72. The lowest BCUT2D eigenvalue weighted by atomic mass is 10.2. The van der Waals surface area contributed by atoms with Crippen LogP contribution < -0.4 is 0 Å². The molecule has 0 aromatic heterocycles. The van der Waals surface area contributed by atoms with Crippen molar-refractivity contribution in [2.45, 2.75) is 32.3 Å². The van der Waals surface area contributed by atoms with Crippen LogP contribution in [0.4, 0.5) is 9.59 Å². The lowest BCUT2D eigenvalue weighted by Crippen LogP contribution is -2.24. The number of hydrogen-bond acceptors (Lipinski definition) is 4. The Kier molecular flexibility index (Phi) is 6.26. The van der Waals surface area contributed by atoms with Gasteiger partial charge in [-0.2, -0.15) is 0 Å². The van der Waals surface area contributed by atoms with Crippen LogP contribution in [0.25, 0.3) is 0 Å². The molecule has 0 heterocycles. The van der Waals surface area contributed by atoms with Gasteiger partial charge < -0.3 is 19.7 Å². The molecule has 6 heteroatoms. The van der Waals surface area contributed by atoms with Crippen LogP contribution >= 0.6 is 0 Å². The summed E-state index contributed by atoms with van der Waals surface area (Å²) in [6.07, 6.45) is -1.44. The maximum Gasteiger partial charge on any atom is 0.506 e. The number of carbonyl (C=O) groups is 2. The minimum atomic E-state index is -1.43. The Bertz CT molecular complexity index is 190. The third kappa shape index (κ3) is 7.20. The van der Waals surface area contributed by atoms with Gasteiger partial charge >= 0.3 is 12.3 Å². The molecule has 0 fully saturated rings. The second-order valence-corrected chi connectivity index (χ2v) is 2.72. The zero-order valence-corrected chi connectivity index (χ0v) is 7.93. The van der Waals surface area contributed by atoms with E-state index in [4.69, 9.17) is 10.2 Å². The molecule has 6 nitrogen and oxygen atoms in total. The van der Waals surface area contributed by atoms with Crippen LogP contribution in [-0.4, -0.2) is 35.2 Å². The third-order valence-corrected chi connectivity index (χ3v) is 1.54. The average molecular weight is 206 g/mol. The number of hydrogen-bond donors (Lipinski definition) is 2. The molecule has 0 saturated heterocycles. The summed E-state index contributed by atoms with van der Waals surface area (Å²) in [7, 11) is 0. The van der Waals surface area contributed by atoms with Crippen molar-refractivity contribution in [3.05, 3.63) is 0 Å². The van der Waals surface area contributed by atoms with E-state index in [1.165, 1.54) is 0 Å². The highest BCUT2D eigenvalue weighted by Crippen LogP contribution is 2.06.